The molecule has 3 rings (SSSR count). The van der Waals surface area contributed by atoms with E-state index in [0.717, 1.165) is 33.0 Å². The maximum atomic E-state index is 12.9. The highest BCUT2D eigenvalue weighted by molar-refractivity contribution is 7.92. The highest BCUT2D eigenvalue weighted by Gasteiger charge is 2.20. The van der Waals surface area contributed by atoms with Crippen molar-refractivity contribution in [1.82, 2.24) is 4.98 Å². The summed E-state index contributed by atoms with van der Waals surface area (Å²) in [5.74, 6) is 0. The first-order valence-corrected chi connectivity index (χ1v) is 10.3. The highest BCUT2D eigenvalue weighted by Crippen LogP contribution is 2.27. The van der Waals surface area contributed by atoms with Gasteiger partial charge >= 0.3 is 0 Å². The number of aryl methyl sites for hydroxylation is 4. The van der Waals surface area contributed by atoms with Crippen LogP contribution < -0.4 is 4.72 Å². The summed E-state index contributed by atoms with van der Waals surface area (Å²) in [6.45, 7) is 7.55. The van der Waals surface area contributed by atoms with E-state index in [9.17, 15) is 8.42 Å². The second kappa shape index (κ2) is 6.61. The fourth-order valence-corrected chi connectivity index (χ4v) is 5.16. The fraction of sp³-hybridized carbons (Fsp3) is 0.211. The normalized spacial score (nSPS) is 11.5. The van der Waals surface area contributed by atoms with Gasteiger partial charge in [0.15, 0.2) is 0 Å². The quantitative estimate of drug-likeness (QED) is 0.712. The number of nitrogens with one attached hydrogen (secondary N) is 1. The van der Waals surface area contributed by atoms with E-state index >= 15 is 0 Å². The minimum atomic E-state index is -3.65. The molecule has 0 amide bonds. The van der Waals surface area contributed by atoms with E-state index in [0.29, 0.717) is 10.6 Å². The van der Waals surface area contributed by atoms with Gasteiger partial charge in [-0.3, -0.25) is 4.72 Å². The van der Waals surface area contributed by atoms with E-state index in [4.69, 9.17) is 0 Å². The zero-order valence-electron chi connectivity index (χ0n) is 14.6. The predicted octanol–water partition coefficient (Wildman–Crippen LogP) is 4.84. The lowest BCUT2D eigenvalue weighted by Gasteiger charge is -2.14. The van der Waals surface area contributed by atoms with Crippen molar-refractivity contribution in [2.45, 2.75) is 32.6 Å². The number of benzene rings is 2. The zero-order valence-corrected chi connectivity index (χ0v) is 16.3. The van der Waals surface area contributed by atoms with Gasteiger partial charge in [-0.1, -0.05) is 29.8 Å². The molecule has 0 bridgehead atoms. The first kappa shape index (κ1) is 17.6. The Labute approximate surface area is 152 Å². The van der Waals surface area contributed by atoms with Crippen LogP contribution in [0.1, 0.15) is 21.7 Å². The predicted molar refractivity (Wildman–Crippen MR) is 104 cm³/mol. The Morgan fingerprint density at radius 2 is 1.68 bits per heavy atom. The second-order valence-corrected chi connectivity index (χ2v) is 8.85. The van der Waals surface area contributed by atoms with Crippen LogP contribution in [-0.2, 0) is 10.0 Å². The number of rotatable bonds is 4. The topological polar surface area (TPSA) is 59.1 Å². The molecule has 3 aromatic rings. The molecule has 130 valence electrons. The molecule has 4 nitrogen and oxygen atoms in total. The maximum absolute atomic E-state index is 12.9. The lowest BCUT2D eigenvalue weighted by atomic mass is 10.1. The third-order valence-corrected chi connectivity index (χ3v) is 6.36. The number of anilines is 1. The van der Waals surface area contributed by atoms with Gasteiger partial charge in [-0.25, -0.2) is 13.4 Å². The first-order valence-electron chi connectivity index (χ1n) is 7.89. The van der Waals surface area contributed by atoms with Crippen LogP contribution in [-0.4, -0.2) is 13.4 Å². The summed E-state index contributed by atoms with van der Waals surface area (Å²) in [5.41, 5.74) is 4.82. The van der Waals surface area contributed by atoms with Crippen LogP contribution in [0.5, 0.6) is 0 Å². The van der Waals surface area contributed by atoms with E-state index in [-0.39, 0.29) is 0 Å². The van der Waals surface area contributed by atoms with Crippen molar-refractivity contribution in [2.75, 3.05) is 4.72 Å². The van der Waals surface area contributed by atoms with Gasteiger partial charge in [0.05, 0.1) is 15.6 Å². The summed E-state index contributed by atoms with van der Waals surface area (Å²) >= 11 is 1.57. The molecule has 0 fully saturated rings. The number of sulfonamides is 1. The third kappa shape index (κ3) is 3.75. The Kier molecular flexibility index (Phi) is 4.67. The number of aromatic nitrogens is 1. The smallest absolute Gasteiger partial charge is 0.262 e. The van der Waals surface area contributed by atoms with Crippen molar-refractivity contribution in [1.29, 1.82) is 0 Å². The molecule has 1 N–H and O–H groups in total. The van der Waals surface area contributed by atoms with Crippen molar-refractivity contribution < 1.29 is 8.42 Å². The molecule has 0 saturated heterocycles. The number of thiazole rings is 1. The van der Waals surface area contributed by atoms with Crippen molar-refractivity contribution >= 4 is 27.0 Å². The molecular formula is C19H20N2O2S2. The van der Waals surface area contributed by atoms with Crippen molar-refractivity contribution in [2.24, 2.45) is 0 Å². The second-order valence-electron chi connectivity index (χ2n) is 6.17. The van der Waals surface area contributed by atoms with Gasteiger partial charge in [-0.15, -0.1) is 11.3 Å². The summed E-state index contributed by atoms with van der Waals surface area (Å²) in [5, 5.41) is 2.95. The Bertz CT molecular complexity index is 1010. The monoisotopic (exact) mass is 372 g/mol. The summed E-state index contributed by atoms with van der Waals surface area (Å²) < 4.78 is 28.5. The Morgan fingerprint density at radius 3 is 2.28 bits per heavy atom. The Morgan fingerprint density at radius 1 is 1.00 bits per heavy atom. The van der Waals surface area contributed by atoms with Crippen LogP contribution in [0.25, 0.3) is 11.3 Å². The zero-order chi connectivity index (χ0) is 18.2. The fourth-order valence-electron chi connectivity index (χ4n) is 3.03. The average Bonchev–Trinajstić information content (AvgIpc) is 2.92. The third-order valence-electron chi connectivity index (χ3n) is 3.90. The minimum Gasteiger partial charge on any atom is -0.280 e. The summed E-state index contributed by atoms with van der Waals surface area (Å²) in [6, 6.07) is 11.1. The van der Waals surface area contributed by atoms with E-state index in [1.165, 1.54) is 0 Å². The molecule has 0 radical (unpaired) electrons. The molecular weight excluding hydrogens is 352 g/mol. The Balaban J connectivity index is 1.97. The molecule has 0 saturated carbocycles. The molecule has 0 aliphatic rings. The van der Waals surface area contributed by atoms with E-state index in [2.05, 4.69) is 9.71 Å². The van der Waals surface area contributed by atoms with E-state index in [1.54, 1.807) is 17.4 Å². The van der Waals surface area contributed by atoms with E-state index < -0.39 is 10.0 Å². The van der Waals surface area contributed by atoms with Crippen LogP contribution in [0.4, 0.5) is 5.69 Å². The highest BCUT2D eigenvalue weighted by atomic mass is 32.2. The van der Waals surface area contributed by atoms with Crippen molar-refractivity contribution in [3.63, 3.8) is 0 Å². The molecule has 6 heteroatoms. The Hall–Kier alpha value is -2.18. The van der Waals surface area contributed by atoms with Crippen molar-refractivity contribution in [3.8, 4) is 11.3 Å². The van der Waals surface area contributed by atoms with Gasteiger partial charge in [0.2, 0.25) is 0 Å². The molecule has 1 aromatic heterocycles. The van der Waals surface area contributed by atoms with Crippen LogP contribution in [0.3, 0.4) is 0 Å². The first-order chi connectivity index (χ1) is 11.8. The standard InChI is InChI=1S/C19H20N2O2S2/c1-12-8-13(2)19(14(3)9-12)25(22,23)21-17-7-5-6-16(10-17)18-11-24-15(4)20-18/h5-11,21H,1-4H3. The van der Waals surface area contributed by atoms with Crippen molar-refractivity contribution in [3.05, 3.63) is 63.5 Å². The lowest BCUT2D eigenvalue weighted by Crippen LogP contribution is -2.16. The SMILES string of the molecule is Cc1cc(C)c(S(=O)(=O)Nc2cccc(-c3csc(C)n3)c2)c(C)c1. The largest absolute Gasteiger partial charge is 0.280 e. The molecule has 1 heterocycles. The summed E-state index contributed by atoms with van der Waals surface area (Å²) in [6.07, 6.45) is 0. The maximum Gasteiger partial charge on any atom is 0.262 e. The molecule has 0 aliphatic carbocycles. The van der Waals surface area contributed by atoms with Gasteiger partial charge in [0, 0.05) is 16.6 Å². The van der Waals surface area contributed by atoms with Gasteiger partial charge in [0.25, 0.3) is 10.0 Å². The number of nitrogens with zero attached hydrogens (tertiary/aromatic N) is 1. The minimum absolute atomic E-state index is 0.341. The number of hydrogen-bond donors (Lipinski definition) is 1. The molecule has 0 aliphatic heterocycles. The number of hydrogen-bond acceptors (Lipinski definition) is 4. The van der Waals surface area contributed by atoms with Crippen LogP contribution in [0.15, 0.2) is 46.7 Å². The van der Waals surface area contributed by atoms with Gasteiger partial charge in [-0.05, 0) is 51.0 Å². The van der Waals surface area contributed by atoms with Gasteiger partial charge in [0.1, 0.15) is 0 Å². The molecule has 0 atom stereocenters. The molecule has 0 spiro atoms. The van der Waals surface area contributed by atoms with Gasteiger partial charge < -0.3 is 0 Å². The lowest BCUT2D eigenvalue weighted by molar-refractivity contribution is 0.600. The summed E-state index contributed by atoms with van der Waals surface area (Å²) in [7, 11) is -3.65. The average molecular weight is 373 g/mol. The van der Waals surface area contributed by atoms with Crippen LogP contribution >= 0.6 is 11.3 Å². The van der Waals surface area contributed by atoms with Crippen LogP contribution in [0, 0.1) is 27.7 Å². The molecule has 25 heavy (non-hydrogen) atoms. The van der Waals surface area contributed by atoms with Gasteiger partial charge in [-0.2, -0.15) is 0 Å². The summed E-state index contributed by atoms with van der Waals surface area (Å²) in [4.78, 5) is 4.80. The molecule has 0 unspecified atom stereocenters. The molecule has 2 aromatic carbocycles. The van der Waals surface area contributed by atoms with Crippen LogP contribution in [0.2, 0.25) is 0 Å². The van der Waals surface area contributed by atoms with E-state index in [1.807, 2.05) is 63.4 Å².